The van der Waals surface area contributed by atoms with Crippen molar-refractivity contribution in [1.29, 1.82) is 0 Å². The van der Waals surface area contributed by atoms with E-state index in [-0.39, 0.29) is 4.90 Å². The zero-order valence-electron chi connectivity index (χ0n) is 15.5. The van der Waals surface area contributed by atoms with E-state index >= 15 is 0 Å². The first-order chi connectivity index (χ1) is 12.4. The molecule has 2 aromatic rings. The molecule has 0 aliphatic carbocycles. The van der Waals surface area contributed by atoms with Crippen molar-refractivity contribution in [1.82, 2.24) is 0 Å². The van der Waals surface area contributed by atoms with Crippen LogP contribution in [0.25, 0.3) is 0 Å². The van der Waals surface area contributed by atoms with Gasteiger partial charge in [-0.25, -0.2) is 8.42 Å². The van der Waals surface area contributed by atoms with Gasteiger partial charge >= 0.3 is 0 Å². The van der Waals surface area contributed by atoms with Crippen molar-refractivity contribution in [3.63, 3.8) is 0 Å². The summed E-state index contributed by atoms with van der Waals surface area (Å²) in [6.07, 6.45) is 8.71. The van der Waals surface area contributed by atoms with E-state index in [0.717, 1.165) is 12.0 Å². The standard InChI is InChI=1S/C21H28O4S/c1-3-4-5-6-7-8-10-18-13-14-20(15-17(18)2)25-19-11-9-12-21(16-19)26(22,23)24/h9,11-16H,3-8,10H2,1-2H3,(H,22,23,24)/p-1. The monoisotopic (exact) mass is 375 g/mol. The SMILES string of the molecule is CCCCCCCCc1ccc(Oc2cccc(S(=O)(=O)[O-])c2)cc1C. The fraction of sp³-hybridized carbons (Fsp3) is 0.429. The number of aryl methyl sites for hydroxylation is 2. The minimum absolute atomic E-state index is 0.286. The van der Waals surface area contributed by atoms with Gasteiger partial charge in [0.2, 0.25) is 0 Å². The Morgan fingerprint density at radius 3 is 2.31 bits per heavy atom. The fourth-order valence-electron chi connectivity index (χ4n) is 2.94. The number of rotatable bonds is 10. The first-order valence-electron chi connectivity index (χ1n) is 9.23. The molecule has 5 heteroatoms. The summed E-state index contributed by atoms with van der Waals surface area (Å²) >= 11 is 0. The molecule has 0 atom stereocenters. The highest BCUT2D eigenvalue weighted by Crippen LogP contribution is 2.26. The van der Waals surface area contributed by atoms with Gasteiger partial charge in [-0.05, 0) is 61.2 Å². The van der Waals surface area contributed by atoms with Gasteiger partial charge in [-0.3, -0.25) is 0 Å². The van der Waals surface area contributed by atoms with Gasteiger partial charge in [-0.2, -0.15) is 0 Å². The van der Waals surface area contributed by atoms with Crippen LogP contribution < -0.4 is 4.74 Å². The first-order valence-corrected chi connectivity index (χ1v) is 10.6. The fourth-order valence-corrected chi connectivity index (χ4v) is 3.44. The first kappa shape index (κ1) is 20.5. The molecular weight excluding hydrogens is 348 g/mol. The van der Waals surface area contributed by atoms with E-state index < -0.39 is 10.1 Å². The maximum Gasteiger partial charge on any atom is 0.128 e. The Hall–Kier alpha value is -1.85. The molecule has 0 bridgehead atoms. The van der Waals surface area contributed by atoms with E-state index in [1.54, 1.807) is 6.07 Å². The molecular formula is C21H27O4S-. The van der Waals surface area contributed by atoms with Gasteiger partial charge in [0.05, 0.1) is 4.90 Å². The summed E-state index contributed by atoms with van der Waals surface area (Å²) in [4.78, 5) is -0.286. The second kappa shape index (κ2) is 9.74. The molecule has 0 saturated heterocycles. The van der Waals surface area contributed by atoms with Gasteiger partial charge < -0.3 is 9.29 Å². The van der Waals surface area contributed by atoms with Crippen LogP contribution in [-0.4, -0.2) is 13.0 Å². The van der Waals surface area contributed by atoms with E-state index in [0.29, 0.717) is 11.5 Å². The smallest absolute Gasteiger partial charge is 0.128 e. The molecule has 0 aromatic heterocycles. The quantitative estimate of drug-likeness (QED) is 0.401. The van der Waals surface area contributed by atoms with Gasteiger partial charge in [0.15, 0.2) is 0 Å². The molecule has 2 rings (SSSR count). The third-order valence-corrected chi connectivity index (χ3v) is 5.27. The molecule has 4 nitrogen and oxygen atoms in total. The highest BCUT2D eigenvalue weighted by Gasteiger charge is 2.06. The lowest BCUT2D eigenvalue weighted by Gasteiger charge is -2.12. The van der Waals surface area contributed by atoms with Crippen LogP contribution in [0.4, 0.5) is 0 Å². The number of unbranched alkanes of at least 4 members (excludes halogenated alkanes) is 5. The van der Waals surface area contributed by atoms with Crippen LogP contribution in [0, 0.1) is 6.92 Å². The predicted octanol–water partition coefficient (Wildman–Crippen LogP) is 5.59. The second-order valence-electron chi connectivity index (χ2n) is 6.64. The Labute approximate surface area is 157 Å². The zero-order chi connectivity index (χ0) is 19.0. The minimum atomic E-state index is -4.48. The molecule has 26 heavy (non-hydrogen) atoms. The van der Waals surface area contributed by atoms with Crippen LogP contribution in [0.2, 0.25) is 0 Å². The van der Waals surface area contributed by atoms with E-state index in [1.807, 2.05) is 12.1 Å². The maximum atomic E-state index is 11.1. The molecule has 0 aliphatic heterocycles. The van der Waals surface area contributed by atoms with Crippen LogP contribution in [0.3, 0.4) is 0 Å². The lowest BCUT2D eigenvalue weighted by atomic mass is 10.0. The van der Waals surface area contributed by atoms with Gasteiger partial charge in [0, 0.05) is 0 Å². The molecule has 0 aliphatic rings. The Bertz CT molecular complexity index is 813. The normalized spacial score (nSPS) is 11.5. The molecule has 0 spiro atoms. The molecule has 0 unspecified atom stereocenters. The van der Waals surface area contributed by atoms with E-state index in [9.17, 15) is 13.0 Å². The van der Waals surface area contributed by atoms with Gasteiger partial charge in [-0.1, -0.05) is 51.2 Å². The third kappa shape index (κ3) is 6.46. The topological polar surface area (TPSA) is 66.4 Å². The molecule has 0 fully saturated rings. The lowest BCUT2D eigenvalue weighted by molar-refractivity contribution is 0.458. The Kier molecular flexibility index (Phi) is 7.66. The Morgan fingerprint density at radius 1 is 0.923 bits per heavy atom. The number of ether oxygens (including phenoxy) is 1. The van der Waals surface area contributed by atoms with Gasteiger partial charge in [0.25, 0.3) is 0 Å². The third-order valence-electron chi connectivity index (χ3n) is 4.44. The van der Waals surface area contributed by atoms with Crippen LogP contribution in [0.1, 0.15) is 56.6 Å². The maximum absolute atomic E-state index is 11.1. The van der Waals surface area contributed by atoms with Crippen LogP contribution >= 0.6 is 0 Å². The molecule has 0 saturated carbocycles. The predicted molar refractivity (Wildman–Crippen MR) is 103 cm³/mol. The van der Waals surface area contributed by atoms with Crippen molar-refractivity contribution in [3.05, 3.63) is 53.6 Å². The lowest BCUT2D eigenvalue weighted by Crippen LogP contribution is -1.98. The summed E-state index contributed by atoms with van der Waals surface area (Å²) in [6.45, 7) is 4.28. The summed E-state index contributed by atoms with van der Waals surface area (Å²) in [5.41, 5.74) is 2.47. The summed E-state index contributed by atoms with van der Waals surface area (Å²) < 4.78 is 39.0. The molecule has 0 radical (unpaired) electrons. The van der Waals surface area contributed by atoms with Gasteiger partial charge in [0.1, 0.15) is 21.6 Å². The summed E-state index contributed by atoms with van der Waals surface area (Å²) in [7, 11) is -4.48. The van der Waals surface area contributed by atoms with Crippen LogP contribution in [-0.2, 0) is 16.5 Å². The molecule has 142 valence electrons. The summed E-state index contributed by atoms with van der Waals surface area (Å²) in [5, 5.41) is 0. The molecule has 2 aromatic carbocycles. The van der Waals surface area contributed by atoms with Crippen LogP contribution in [0.15, 0.2) is 47.4 Å². The van der Waals surface area contributed by atoms with Crippen molar-refractivity contribution in [2.24, 2.45) is 0 Å². The zero-order valence-corrected chi connectivity index (χ0v) is 16.3. The number of benzene rings is 2. The number of hydrogen-bond donors (Lipinski definition) is 0. The molecule has 0 amide bonds. The minimum Gasteiger partial charge on any atom is -0.744 e. The average Bonchev–Trinajstić information content (AvgIpc) is 2.59. The van der Waals surface area contributed by atoms with E-state index in [2.05, 4.69) is 19.9 Å². The van der Waals surface area contributed by atoms with Crippen molar-refractivity contribution >= 4 is 10.1 Å². The average molecular weight is 376 g/mol. The largest absolute Gasteiger partial charge is 0.744 e. The highest BCUT2D eigenvalue weighted by atomic mass is 32.2. The molecule has 0 heterocycles. The summed E-state index contributed by atoms with van der Waals surface area (Å²) in [6, 6.07) is 11.5. The van der Waals surface area contributed by atoms with E-state index in [4.69, 9.17) is 4.74 Å². The molecule has 0 N–H and O–H groups in total. The Balaban J connectivity index is 1.95. The summed E-state index contributed by atoms with van der Waals surface area (Å²) in [5.74, 6) is 0.972. The van der Waals surface area contributed by atoms with Crippen molar-refractivity contribution < 1.29 is 17.7 Å². The van der Waals surface area contributed by atoms with Gasteiger partial charge in [-0.15, -0.1) is 0 Å². The highest BCUT2D eigenvalue weighted by molar-refractivity contribution is 7.85. The Morgan fingerprint density at radius 2 is 1.62 bits per heavy atom. The van der Waals surface area contributed by atoms with Crippen molar-refractivity contribution in [3.8, 4) is 11.5 Å². The van der Waals surface area contributed by atoms with Crippen LogP contribution in [0.5, 0.6) is 11.5 Å². The van der Waals surface area contributed by atoms with E-state index in [1.165, 1.54) is 62.3 Å². The van der Waals surface area contributed by atoms with Crippen molar-refractivity contribution in [2.75, 3.05) is 0 Å². The second-order valence-corrected chi connectivity index (χ2v) is 8.02. The van der Waals surface area contributed by atoms with Crippen molar-refractivity contribution in [2.45, 2.75) is 63.7 Å². The number of hydrogen-bond acceptors (Lipinski definition) is 4.